The summed E-state index contributed by atoms with van der Waals surface area (Å²) in [6, 6.07) is 11.9. The number of carbonyl (C=O) groups excluding carboxylic acids is 2. The van der Waals surface area contributed by atoms with Crippen molar-refractivity contribution in [1.29, 1.82) is 0 Å². The average molecular weight is 455 g/mol. The van der Waals surface area contributed by atoms with E-state index in [1.807, 2.05) is 56.9 Å². The van der Waals surface area contributed by atoms with Crippen LogP contribution in [0.3, 0.4) is 0 Å². The van der Waals surface area contributed by atoms with Gasteiger partial charge in [-0.2, -0.15) is 0 Å². The van der Waals surface area contributed by atoms with Gasteiger partial charge in [0.15, 0.2) is 6.10 Å². The van der Waals surface area contributed by atoms with Crippen molar-refractivity contribution in [3.8, 4) is 5.75 Å². The van der Waals surface area contributed by atoms with Gasteiger partial charge in [-0.25, -0.2) is 4.39 Å². The van der Waals surface area contributed by atoms with Crippen LogP contribution >= 0.6 is 0 Å². The Kier molecular flexibility index (Phi) is 8.11. The molecule has 2 aromatic rings. The van der Waals surface area contributed by atoms with Gasteiger partial charge in [-0.15, -0.1) is 0 Å². The highest BCUT2D eigenvalue weighted by atomic mass is 19.1. The van der Waals surface area contributed by atoms with E-state index in [9.17, 15) is 14.0 Å². The molecule has 3 rings (SSSR count). The SMILES string of the molecule is CC[C@@H](Oc1ccc2c(c1)[C@@H](c1cccc(F)c1)N(C(=O)CC(C)C)CC2)C(=O)N(C)CC. The lowest BCUT2D eigenvalue weighted by molar-refractivity contribution is -0.137. The topological polar surface area (TPSA) is 49.9 Å². The van der Waals surface area contributed by atoms with Crippen LogP contribution in [0.1, 0.15) is 63.3 Å². The van der Waals surface area contributed by atoms with Crippen LogP contribution in [0, 0.1) is 11.7 Å². The van der Waals surface area contributed by atoms with E-state index in [0.29, 0.717) is 31.7 Å². The van der Waals surface area contributed by atoms with Gasteiger partial charge in [0.1, 0.15) is 11.6 Å². The summed E-state index contributed by atoms with van der Waals surface area (Å²) in [5, 5.41) is 0. The van der Waals surface area contributed by atoms with Crippen molar-refractivity contribution in [2.45, 2.75) is 59.1 Å². The third-order valence-electron chi connectivity index (χ3n) is 6.19. The normalized spacial score (nSPS) is 16.3. The summed E-state index contributed by atoms with van der Waals surface area (Å²) >= 11 is 0. The number of likely N-dealkylation sites (N-methyl/N-ethyl adjacent to an activating group) is 1. The number of hydrogen-bond donors (Lipinski definition) is 0. The Morgan fingerprint density at radius 2 is 1.94 bits per heavy atom. The number of benzene rings is 2. The predicted molar refractivity (Wildman–Crippen MR) is 128 cm³/mol. The molecule has 0 bridgehead atoms. The standard InChI is InChI=1S/C27H35FN2O3/c1-6-24(27(32)29(5)7-2)33-22-12-11-19-13-14-30(25(31)15-18(3)4)26(23(19)17-22)20-9-8-10-21(28)16-20/h8-12,16-18,24,26H,6-7,13-15H2,1-5H3/t24-,26-/m1/s1. The van der Waals surface area contributed by atoms with Crippen LogP contribution < -0.4 is 4.74 Å². The summed E-state index contributed by atoms with van der Waals surface area (Å²) in [6.07, 6.45) is 1.13. The van der Waals surface area contributed by atoms with Gasteiger partial charge in [0.25, 0.3) is 5.91 Å². The van der Waals surface area contributed by atoms with E-state index in [1.165, 1.54) is 12.1 Å². The van der Waals surface area contributed by atoms with Crippen molar-refractivity contribution in [2.75, 3.05) is 20.1 Å². The van der Waals surface area contributed by atoms with Gasteiger partial charge in [0, 0.05) is 26.6 Å². The zero-order chi connectivity index (χ0) is 24.1. The van der Waals surface area contributed by atoms with Crippen molar-refractivity contribution in [1.82, 2.24) is 9.80 Å². The highest BCUT2D eigenvalue weighted by Crippen LogP contribution is 2.38. The quantitative estimate of drug-likeness (QED) is 0.565. The summed E-state index contributed by atoms with van der Waals surface area (Å²) in [5.41, 5.74) is 2.77. The number of halogens is 1. The van der Waals surface area contributed by atoms with Gasteiger partial charge in [-0.3, -0.25) is 9.59 Å². The fraction of sp³-hybridized carbons (Fsp3) is 0.481. The second-order valence-corrected chi connectivity index (χ2v) is 9.12. The molecule has 0 spiro atoms. The van der Waals surface area contributed by atoms with Crippen molar-refractivity contribution >= 4 is 11.8 Å². The van der Waals surface area contributed by atoms with Crippen LogP contribution in [0.15, 0.2) is 42.5 Å². The molecule has 1 aliphatic heterocycles. The summed E-state index contributed by atoms with van der Waals surface area (Å²) in [5.74, 6) is 0.477. The van der Waals surface area contributed by atoms with Crippen LogP contribution in [-0.2, 0) is 16.0 Å². The molecule has 0 aliphatic carbocycles. The zero-order valence-corrected chi connectivity index (χ0v) is 20.3. The van der Waals surface area contributed by atoms with Crippen LogP contribution in [0.4, 0.5) is 4.39 Å². The van der Waals surface area contributed by atoms with E-state index >= 15 is 0 Å². The van der Waals surface area contributed by atoms with E-state index < -0.39 is 12.1 Å². The first-order chi connectivity index (χ1) is 15.7. The molecule has 33 heavy (non-hydrogen) atoms. The van der Waals surface area contributed by atoms with E-state index in [0.717, 1.165) is 23.1 Å². The molecule has 0 unspecified atom stereocenters. The van der Waals surface area contributed by atoms with Crippen LogP contribution in [0.25, 0.3) is 0 Å². The third kappa shape index (κ3) is 5.73. The first-order valence-electron chi connectivity index (χ1n) is 11.8. The highest BCUT2D eigenvalue weighted by Gasteiger charge is 2.33. The average Bonchev–Trinajstić information content (AvgIpc) is 2.80. The maximum atomic E-state index is 14.2. The molecule has 2 atom stereocenters. The van der Waals surface area contributed by atoms with E-state index in [4.69, 9.17) is 4.74 Å². The maximum absolute atomic E-state index is 14.2. The number of nitrogens with zero attached hydrogens (tertiary/aromatic N) is 2. The fourth-order valence-electron chi connectivity index (χ4n) is 4.31. The zero-order valence-electron chi connectivity index (χ0n) is 20.3. The summed E-state index contributed by atoms with van der Waals surface area (Å²) < 4.78 is 20.3. The maximum Gasteiger partial charge on any atom is 0.263 e. The molecule has 0 saturated heterocycles. The van der Waals surface area contributed by atoms with Crippen LogP contribution in [-0.4, -0.2) is 47.9 Å². The molecular weight excluding hydrogens is 419 g/mol. The van der Waals surface area contributed by atoms with Gasteiger partial charge >= 0.3 is 0 Å². The lowest BCUT2D eigenvalue weighted by Gasteiger charge is -2.38. The van der Waals surface area contributed by atoms with Gasteiger partial charge < -0.3 is 14.5 Å². The Hall–Kier alpha value is -2.89. The Labute approximate surface area is 196 Å². The van der Waals surface area contributed by atoms with Gasteiger partial charge in [0.05, 0.1) is 6.04 Å². The Bertz CT molecular complexity index is 991. The van der Waals surface area contributed by atoms with Crippen LogP contribution in [0.5, 0.6) is 5.75 Å². The van der Waals surface area contributed by atoms with Gasteiger partial charge in [0.2, 0.25) is 5.91 Å². The molecule has 0 aromatic heterocycles. The molecule has 0 N–H and O–H groups in total. The Morgan fingerprint density at radius 1 is 1.18 bits per heavy atom. The molecule has 178 valence electrons. The van der Waals surface area contributed by atoms with Gasteiger partial charge in [-0.05, 0) is 66.6 Å². The second kappa shape index (κ2) is 10.8. The lowest BCUT2D eigenvalue weighted by atomic mass is 9.87. The first kappa shape index (κ1) is 24.7. The molecule has 6 heteroatoms. The lowest BCUT2D eigenvalue weighted by Crippen LogP contribution is -2.41. The minimum atomic E-state index is -0.581. The molecule has 1 aliphatic rings. The number of fused-ring (bicyclic) bond motifs is 1. The minimum absolute atomic E-state index is 0.0578. The number of ether oxygens (including phenoxy) is 1. The van der Waals surface area contributed by atoms with E-state index in [2.05, 4.69) is 0 Å². The summed E-state index contributed by atoms with van der Waals surface area (Å²) in [4.78, 5) is 29.3. The fourth-order valence-corrected chi connectivity index (χ4v) is 4.31. The third-order valence-corrected chi connectivity index (χ3v) is 6.19. The van der Waals surface area contributed by atoms with E-state index in [1.54, 1.807) is 18.0 Å². The first-order valence-corrected chi connectivity index (χ1v) is 11.8. The molecule has 0 radical (unpaired) electrons. The smallest absolute Gasteiger partial charge is 0.263 e. The number of carbonyl (C=O) groups is 2. The molecule has 0 fully saturated rings. The Morgan fingerprint density at radius 3 is 2.58 bits per heavy atom. The predicted octanol–water partition coefficient (Wildman–Crippen LogP) is 4.98. The molecular formula is C27H35FN2O3. The van der Waals surface area contributed by atoms with Crippen molar-refractivity contribution < 1.29 is 18.7 Å². The summed E-state index contributed by atoms with van der Waals surface area (Å²) in [7, 11) is 1.76. The summed E-state index contributed by atoms with van der Waals surface area (Å²) in [6.45, 7) is 9.08. The van der Waals surface area contributed by atoms with Crippen molar-refractivity contribution in [2.24, 2.45) is 5.92 Å². The molecule has 0 saturated carbocycles. The van der Waals surface area contributed by atoms with Gasteiger partial charge in [-0.1, -0.05) is 39.0 Å². The monoisotopic (exact) mass is 454 g/mol. The molecule has 1 heterocycles. The molecule has 2 amide bonds. The van der Waals surface area contributed by atoms with Crippen molar-refractivity contribution in [3.63, 3.8) is 0 Å². The minimum Gasteiger partial charge on any atom is -0.481 e. The Balaban J connectivity index is 2.00. The van der Waals surface area contributed by atoms with E-state index in [-0.39, 0.29) is 23.5 Å². The molecule has 2 aromatic carbocycles. The van der Waals surface area contributed by atoms with Crippen molar-refractivity contribution in [3.05, 3.63) is 65.0 Å². The number of amides is 2. The highest BCUT2D eigenvalue weighted by molar-refractivity contribution is 5.81. The largest absolute Gasteiger partial charge is 0.481 e. The number of rotatable bonds is 8. The van der Waals surface area contributed by atoms with Crippen LogP contribution in [0.2, 0.25) is 0 Å². The molecule has 5 nitrogen and oxygen atoms in total. The number of hydrogen-bond acceptors (Lipinski definition) is 3. The second-order valence-electron chi connectivity index (χ2n) is 9.12.